The van der Waals surface area contributed by atoms with Crippen LogP contribution in [0, 0.1) is 6.92 Å². The van der Waals surface area contributed by atoms with Gasteiger partial charge in [0.2, 0.25) is 0 Å². The Morgan fingerprint density at radius 1 is 1.27 bits per heavy atom. The van der Waals surface area contributed by atoms with Gasteiger partial charge in [-0.15, -0.1) is 11.3 Å². The molecule has 2 heterocycles. The van der Waals surface area contributed by atoms with E-state index in [1.165, 1.54) is 11.3 Å². The van der Waals surface area contributed by atoms with Gasteiger partial charge in [-0.25, -0.2) is 15.0 Å². The van der Waals surface area contributed by atoms with Gasteiger partial charge in [0.25, 0.3) is 5.91 Å². The number of nitrogens with one attached hydrogen (secondary N) is 1. The first kappa shape index (κ1) is 14.8. The molecule has 0 spiro atoms. The van der Waals surface area contributed by atoms with E-state index in [0.29, 0.717) is 22.2 Å². The Bertz CT molecular complexity index is 819. The van der Waals surface area contributed by atoms with Crippen molar-refractivity contribution >= 4 is 38.9 Å². The van der Waals surface area contributed by atoms with Gasteiger partial charge in [-0.1, -0.05) is 6.07 Å². The Morgan fingerprint density at radius 3 is 2.77 bits per heavy atom. The van der Waals surface area contributed by atoms with Gasteiger partial charge in [0, 0.05) is 22.2 Å². The van der Waals surface area contributed by atoms with Crippen molar-refractivity contribution in [2.75, 3.05) is 5.32 Å². The first-order valence-corrected chi connectivity index (χ1v) is 8.11. The summed E-state index contributed by atoms with van der Waals surface area (Å²) in [6.07, 6.45) is 3.29. The molecule has 2 aromatic heterocycles. The summed E-state index contributed by atoms with van der Waals surface area (Å²) in [6.45, 7) is 1.99. The predicted molar refractivity (Wildman–Crippen MR) is 90.0 cm³/mol. The van der Waals surface area contributed by atoms with Crippen molar-refractivity contribution in [1.29, 1.82) is 0 Å². The second-order valence-electron chi connectivity index (χ2n) is 4.55. The minimum atomic E-state index is -0.261. The van der Waals surface area contributed by atoms with Crippen LogP contribution in [-0.2, 0) is 0 Å². The van der Waals surface area contributed by atoms with Gasteiger partial charge in [-0.05, 0) is 46.6 Å². The molecule has 0 radical (unpaired) electrons. The number of rotatable bonds is 3. The molecule has 3 rings (SSSR count). The van der Waals surface area contributed by atoms with Crippen LogP contribution in [0.3, 0.4) is 0 Å². The molecule has 0 aliphatic carbocycles. The number of anilines is 1. The van der Waals surface area contributed by atoms with E-state index in [9.17, 15) is 4.79 Å². The van der Waals surface area contributed by atoms with Crippen molar-refractivity contribution in [1.82, 2.24) is 15.0 Å². The molecule has 0 aliphatic rings. The summed E-state index contributed by atoms with van der Waals surface area (Å²) >= 11 is 4.78. The third-order valence-corrected chi connectivity index (χ3v) is 4.36. The van der Waals surface area contributed by atoms with Gasteiger partial charge in [-0.2, -0.15) is 0 Å². The number of halogens is 1. The minimum absolute atomic E-state index is 0.261. The summed E-state index contributed by atoms with van der Waals surface area (Å²) in [5.74, 6) is 0.256. The lowest BCUT2D eigenvalue weighted by Gasteiger charge is -2.06. The van der Waals surface area contributed by atoms with E-state index in [1.54, 1.807) is 23.8 Å². The highest BCUT2D eigenvalue weighted by Gasteiger charge is 2.14. The van der Waals surface area contributed by atoms with E-state index in [1.807, 2.05) is 25.1 Å². The number of thiazole rings is 1. The van der Waals surface area contributed by atoms with Crippen LogP contribution in [0.15, 0.2) is 46.5 Å². The van der Waals surface area contributed by atoms with E-state index in [4.69, 9.17) is 0 Å². The number of hydrogen-bond acceptors (Lipinski definition) is 5. The zero-order chi connectivity index (χ0) is 15.5. The van der Waals surface area contributed by atoms with Crippen LogP contribution < -0.4 is 5.32 Å². The van der Waals surface area contributed by atoms with Gasteiger partial charge in [0.15, 0.2) is 10.8 Å². The first-order chi connectivity index (χ1) is 10.6. The zero-order valence-electron chi connectivity index (χ0n) is 11.6. The fraction of sp³-hybridized carbons (Fsp3) is 0.0667. The van der Waals surface area contributed by atoms with Crippen LogP contribution >= 0.6 is 27.3 Å². The molecular weight excluding hydrogens is 364 g/mol. The number of aryl methyl sites for hydroxylation is 1. The van der Waals surface area contributed by atoms with Crippen molar-refractivity contribution in [3.05, 3.63) is 57.8 Å². The molecular formula is C15H11BrN4OS. The van der Waals surface area contributed by atoms with Crippen LogP contribution in [-0.4, -0.2) is 20.9 Å². The summed E-state index contributed by atoms with van der Waals surface area (Å²) in [7, 11) is 0. The lowest BCUT2D eigenvalue weighted by atomic mass is 10.2. The third kappa shape index (κ3) is 3.20. The molecule has 0 aliphatic heterocycles. The highest BCUT2D eigenvalue weighted by Crippen LogP contribution is 2.25. The Balaban J connectivity index is 1.80. The number of carbonyl (C=O) groups is 1. The first-order valence-electron chi connectivity index (χ1n) is 6.44. The molecule has 3 aromatic rings. The Labute approximate surface area is 139 Å². The second kappa shape index (κ2) is 6.33. The van der Waals surface area contributed by atoms with Crippen LogP contribution in [0.25, 0.3) is 10.8 Å². The summed E-state index contributed by atoms with van der Waals surface area (Å²) in [5.41, 5.74) is 2.17. The van der Waals surface area contributed by atoms with Crippen molar-refractivity contribution in [3.8, 4) is 10.8 Å². The second-order valence-corrected chi connectivity index (χ2v) is 6.26. The van der Waals surface area contributed by atoms with Crippen LogP contribution in [0.2, 0.25) is 0 Å². The maximum atomic E-state index is 12.3. The number of benzene rings is 1. The molecule has 5 nitrogen and oxygen atoms in total. The maximum Gasteiger partial charge on any atom is 0.275 e. The summed E-state index contributed by atoms with van der Waals surface area (Å²) < 4.78 is 0.836. The molecule has 110 valence electrons. The number of amides is 1. The highest BCUT2D eigenvalue weighted by molar-refractivity contribution is 9.10. The molecule has 0 saturated carbocycles. The topological polar surface area (TPSA) is 67.8 Å². The average Bonchev–Trinajstić information content (AvgIpc) is 3.01. The zero-order valence-corrected chi connectivity index (χ0v) is 14.0. The molecule has 1 aromatic carbocycles. The summed E-state index contributed by atoms with van der Waals surface area (Å²) in [6, 6.07) is 7.47. The van der Waals surface area contributed by atoms with E-state index < -0.39 is 0 Å². The molecule has 7 heteroatoms. The van der Waals surface area contributed by atoms with Gasteiger partial charge >= 0.3 is 0 Å². The molecule has 0 atom stereocenters. The largest absolute Gasteiger partial charge is 0.320 e. The molecule has 1 amide bonds. The third-order valence-electron chi connectivity index (χ3n) is 2.87. The van der Waals surface area contributed by atoms with E-state index in [0.717, 1.165) is 10.0 Å². The Hall–Kier alpha value is -2.12. The van der Waals surface area contributed by atoms with Crippen molar-refractivity contribution in [2.45, 2.75) is 6.92 Å². The van der Waals surface area contributed by atoms with Crippen molar-refractivity contribution < 1.29 is 4.79 Å². The van der Waals surface area contributed by atoms with E-state index in [2.05, 4.69) is 36.2 Å². The monoisotopic (exact) mass is 374 g/mol. The number of aromatic nitrogens is 3. The molecule has 0 saturated heterocycles. The Kier molecular flexibility index (Phi) is 4.26. The number of nitrogens with zero attached hydrogens (tertiary/aromatic N) is 3. The lowest BCUT2D eigenvalue weighted by Crippen LogP contribution is -2.12. The lowest BCUT2D eigenvalue weighted by molar-refractivity contribution is 0.102. The molecule has 0 bridgehead atoms. The van der Waals surface area contributed by atoms with Crippen molar-refractivity contribution in [3.63, 3.8) is 0 Å². The fourth-order valence-electron chi connectivity index (χ4n) is 1.80. The van der Waals surface area contributed by atoms with Crippen LogP contribution in [0.1, 0.15) is 16.1 Å². The predicted octanol–water partition coefficient (Wildman–Crippen LogP) is 3.92. The normalized spacial score (nSPS) is 10.5. The molecule has 22 heavy (non-hydrogen) atoms. The number of hydrogen-bond donors (Lipinski definition) is 1. The van der Waals surface area contributed by atoms with Crippen LogP contribution in [0.5, 0.6) is 0 Å². The minimum Gasteiger partial charge on any atom is -0.320 e. The van der Waals surface area contributed by atoms with E-state index >= 15 is 0 Å². The van der Waals surface area contributed by atoms with Gasteiger partial charge in [0.05, 0.1) is 5.69 Å². The molecule has 0 fully saturated rings. The molecule has 1 N–H and O–H groups in total. The number of carbonyl (C=O) groups excluding carboxylic acids is 1. The summed E-state index contributed by atoms with van der Waals surface area (Å²) in [5, 5.41) is 5.15. The van der Waals surface area contributed by atoms with Crippen molar-refractivity contribution in [2.24, 2.45) is 0 Å². The van der Waals surface area contributed by atoms with Gasteiger partial charge in [-0.3, -0.25) is 4.79 Å². The summed E-state index contributed by atoms with van der Waals surface area (Å²) in [4.78, 5) is 24.8. The van der Waals surface area contributed by atoms with Gasteiger partial charge < -0.3 is 5.32 Å². The Morgan fingerprint density at radius 2 is 2.05 bits per heavy atom. The maximum absolute atomic E-state index is 12.3. The van der Waals surface area contributed by atoms with E-state index in [-0.39, 0.29) is 5.91 Å². The highest BCUT2D eigenvalue weighted by atomic mass is 79.9. The standard InChI is InChI=1S/C15H11BrN4OS/c1-9-3-4-11(10(16)7-9)19-14(21)12-8-22-15(20-12)13-17-5-2-6-18-13/h2-8H,1H3,(H,19,21). The SMILES string of the molecule is Cc1ccc(NC(=O)c2csc(-c3ncccn3)n2)c(Br)c1. The van der Waals surface area contributed by atoms with Gasteiger partial charge in [0.1, 0.15) is 5.69 Å². The fourth-order valence-corrected chi connectivity index (χ4v) is 3.14. The quantitative estimate of drug-likeness (QED) is 0.754. The molecule has 0 unspecified atom stereocenters. The average molecular weight is 375 g/mol. The van der Waals surface area contributed by atoms with Crippen LogP contribution in [0.4, 0.5) is 5.69 Å². The smallest absolute Gasteiger partial charge is 0.275 e.